The molecule has 0 heterocycles. The van der Waals surface area contributed by atoms with E-state index in [0.717, 1.165) is 0 Å². The fourth-order valence-corrected chi connectivity index (χ4v) is 1.94. The quantitative estimate of drug-likeness (QED) is 0.109. The fraction of sp³-hybridized carbons (Fsp3) is 0.111. The molecule has 14 N–H and O–H groups in total. The van der Waals surface area contributed by atoms with Crippen LogP contribution in [0.25, 0.3) is 5.70 Å². The number of fused-ring (bicyclic) bond motifs is 1. The van der Waals surface area contributed by atoms with Crippen molar-refractivity contribution in [2.45, 2.75) is 5.66 Å². The summed E-state index contributed by atoms with van der Waals surface area (Å²) in [6.45, 7) is 0. The SMILES string of the molecule is NC1=C(N)C(N)(N)c2c(O)c(O)c(N)c(N)c21. The fourth-order valence-electron chi connectivity index (χ4n) is 1.94. The number of anilines is 2. The third-order valence-corrected chi connectivity index (χ3v) is 2.94. The standard InChI is InChI=1S/C9H14N6O2/c10-3-1-2(6(16)7(17)5(3)12)9(14,15)8(13)4(1)11/h16-17H,10-15H2. The van der Waals surface area contributed by atoms with Crippen LogP contribution >= 0.6 is 0 Å². The van der Waals surface area contributed by atoms with E-state index in [9.17, 15) is 10.2 Å². The van der Waals surface area contributed by atoms with Crippen molar-refractivity contribution in [1.82, 2.24) is 0 Å². The van der Waals surface area contributed by atoms with Crippen molar-refractivity contribution in [2.75, 3.05) is 11.5 Å². The van der Waals surface area contributed by atoms with E-state index in [1.807, 2.05) is 0 Å². The summed E-state index contributed by atoms with van der Waals surface area (Å²) in [6, 6.07) is 0. The number of nitrogens with two attached hydrogens (primary N) is 6. The molecular weight excluding hydrogens is 224 g/mol. The van der Waals surface area contributed by atoms with E-state index in [-0.39, 0.29) is 33.9 Å². The molecule has 0 aromatic heterocycles. The lowest BCUT2D eigenvalue weighted by Crippen LogP contribution is -2.49. The lowest BCUT2D eigenvalue weighted by molar-refractivity contribution is 0.390. The number of aromatic hydroxyl groups is 2. The molecule has 1 aromatic carbocycles. The Morgan fingerprint density at radius 3 is 1.88 bits per heavy atom. The molecular formula is C9H14N6O2. The van der Waals surface area contributed by atoms with Gasteiger partial charge in [0.2, 0.25) is 0 Å². The number of hydrogen-bond donors (Lipinski definition) is 8. The number of nitrogen functional groups attached to an aromatic ring is 2. The van der Waals surface area contributed by atoms with Crippen molar-refractivity contribution >= 4 is 17.1 Å². The highest BCUT2D eigenvalue weighted by Gasteiger charge is 2.42. The van der Waals surface area contributed by atoms with Gasteiger partial charge in [-0.3, -0.25) is 0 Å². The molecule has 0 spiro atoms. The predicted molar refractivity (Wildman–Crippen MR) is 63.9 cm³/mol. The molecule has 8 nitrogen and oxygen atoms in total. The van der Waals surface area contributed by atoms with Crippen LogP contribution in [0, 0.1) is 0 Å². The summed E-state index contributed by atoms with van der Waals surface area (Å²) < 4.78 is 0. The summed E-state index contributed by atoms with van der Waals surface area (Å²) in [6.07, 6.45) is 0. The van der Waals surface area contributed by atoms with Gasteiger partial charge >= 0.3 is 0 Å². The van der Waals surface area contributed by atoms with Crippen molar-refractivity contribution in [3.63, 3.8) is 0 Å². The highest BCUT2D eigenvalue weighted by molar-refractivity contribution is 5.94. The smallest absolute Gasteiger partial charge is 0.183 e. The summed E-state index contributed by atoms with van der Waals surface area (Å²) >= 11 is 0. The molecule has 0 bridgehead atoms. The monoisotopic (exact) mass is 238 g/mol. The second-order valence-corrected chi connectivity index (χ2v) is 3.97. The minimum absolute atomic E-state index is 0.0199. The molecule has 8 heteroatoms. The Balaban J connectivity index is 2.96. The topological polar surface area (TPSA) is 197 Å². The number of hydrogen-bond acceptors (Lipinski definition) is 8. The number of rotatable bonds is 0. The highest BCUT2D eigenvalue weighted by atomic mass is 16.3. The van der Waals surface area contributed by atoms with Gasteiger partial charge in [0.25, 0.3) is 0 Å². The van der Waals surface area contributed by atoms with Gasteiger partial charge in [0.05, 0.1) is 17.1 Å². The third kappa shape index (κ3) is 1.07. The van der Waals surface area contributed by atoms with Crippen molar-refractivity contribution in [1.29, 1.82) is 0 Å². The lowest BCUT2D eigenvalue weighted by atomic mass is 9.97. The Hall–Kier alpha value is -2.32. The first-order valence-corrected chi connectivity index (χ1v) is 4.68. The van der Waals surface area contributed by atoms with E-state index >= 15 is 0 Å². The van der Waals surface area contributed by atoms with Gasteiger partial charge in [0.15, 0.2) is 11.5 Å². The average Bonchev–Trinajstić information content (AvgIpc) is 2.44. The zero-order chi connectivity index (χ0) is 13.1. The minimum Gasteiger partial charge on any atom is -0.504 e. The lowest BCUT2D eigenvalue weighted by Gasteiger charge is -2.23. The number of phenolic OH excluding ortho intramolecular Hbond substituents is 2. The number of benzene rings is 1. The average molecular weight is 238 g/mol. The largest absolute Gasteiger partial charge is 0.504 e. The van der Waals surface area contributed by atoms with Crippen LogP contribution in [-0.2, 0) is 5.66 Å². The molecule has 1 aliphatic rings. The van der Waals surface area contributed by atoms with E-state index < -0.39 is 17.2 Å². The van der Waals surface area contributed by atoms with Crippen LogP contribution in [0.3, 0.4) is 0 Å². The molecule has 1 aliphatic carbocycles. The van der Waals surface area contributed by atoms with Crippen LogP contribution in [0.5, 0.6) is 11.5 Å². The molecule has 0 amide bonds. The zero-order valence-corrected chi connectivity index (χ0v) is 8.86. The number of phenols is 2. The maximum absolute atomic E-state index is 9.81. The molecule has 0 fully saturated rings. The van der Waals surface area contributed by atoms with Crippen molar-refractivity contribution in [3.8, 4) is 11.5 Å². The van der Waals surface area contributed by atoms with Crippen LogP contribution in [0.4, 0.5) is 11.4 Å². The van der Waals surface area contributed by atoms with Gasteiger partial charge in [0.1, 0.15) is 11.4 Å². The zero-order valence-electron chi connectivity index (χ0n) is 8.86. The molecule has 0 saturated heterocycles. The van der Waals surface area contributed by atoms with Gasteiger partial charge in [-0.05, 0) is 0 Å². The molecule has 2 rings (SSSR count). The molecule has 0 radical (unpaired) electrons. The first kappa shape index (κ1) is 11.2. The van der Waals surface area contributed by atoms with Crippen LogP contribution in [0.2, 0.25) is 0 Å². The van der Waals surface area contributed by atoms with Crippen molar-refractivity contribution in [3.05, 3.63) is 16.8 Å². The first-order chi connectivity index (χ1) is 7.71. The summed E-state index contributed by atoms with van der Waals surface area (Å²) in [7, 11) is 0. The van der Waals surface area contributed by atoms with E-state index in [1.54, 1.807) is 0 Å². The molecule has 92 valence electrons. The normalized spacial score (nSPS) is 17.3. The van der Waals surface area contributed by atoms with E-state index in [4.69, 9.17) is 34.4 Å². The van der Waals surface area contributed by atoms with Gasteiger partial charge in [-0.1, -0.05) is 0 Å². The Labute approximate surface area is 96.5 Å². The summed E-state index contributed by atoms with van der Waals surface area (Å²) in [5.74, 6) is -1.16. The first-order valence-electron chi connectivity index (χ1n) is 4.68. The summed E-state index contributed by atoms with van der Waals surface area (Å²) in [4.78, 5) is 0. The van der Waals surface area contributed by atoms with E-state index in [2.05, 4.69) is 0 Å². The Morgan fingerprint density at radius 1 is 0.824 bits per heavy atom. The highest BCUT2D eigenvalue weighted by Crippen LogP contribution is 2.51. The molecule has 0 unspecified atom stereocenters. The predicted octanol–water partition coefficient (Wildman–Crippen LogP) is -2.07. The Kier molecular flexibility index (Phi) is 1.89. The Morgan fingerprint density at radius 2 is 1.35 bits per heavy atom. The van der Waals surface area contributed by atoms with Gasteiger partial charge in [-0.25, -0.2) is 0 Å². The van der Waals surface area contributed by atoms with Crippen LogP contribution in [0.15, 0.2) is 5.70 Å². The van der Waals surface area contributed by atoms with Gasteiger partial charge < -0.3 is 44.6 Å². The molecule has 0 atom stereocenters. The van der Waals surface area contributed by atoms with Crippen LogP contribution < -0.4 is 34.4 Å². The molecule has 17 heavy (non-hydrogen) atoms. The second-order valence-electron chi connectivity index (χ2n) is 3.97. The van der Waals surface area contributed by atoms with Gasteiger partial charge in [-0.2, -0.15) is 0 Å². The molecule has 0 aliphatic heterocycles. The van der Waals surface area contributed by atoms with Crippen molar-refractivity contribution in [2.24, 2.45) is 22.9 Å². The maximum atomic E-state index is 9.81. The van der Waals surface area contributed by atoms with Crippen LogP contribution in [-0.4, -0.2) is 10.2 Å². The van der Waals surface area contributed by atoms with Crippen LogP contribution in [0.1, 0.15) is 11.1 Å². The minimum atomic E-state index is -1.69. The third-order valence-electron chi connectivity index (χ3n) is 2.94. The molecule has 0 saturated carbocycles. The maximum Gasteiger partial charge on any atom is 0.183 e. The van der Waals surface area contributed by atoms with E-state index in [1.165, 1.54) is 0 Å². The molecule has 1 aromatic rings. The van der Waals surface area contributed by atoms with Gasteiger partial charge in [0, 0.05) is 11.1 Å². The Bertz CT molecular complexity index is 563. The summed E-state index contributed by atoms with van der Waals surface area (Å²) in [5.41, 5.74) is 32.3. The second kappa shape index (κ2) is 2.87. The van der Waals surface area contributed by atoms with Crippen molar-refractivity contribution < 1.29 is 10.2 Å². The van der Waals surface area contributed by atoms with E-state index in [0.29, 0.717) is 0 Å². The summed E-state index contributed by atoms with van der Waals surface area (Å²) in [5, 5.41) is 19.4. The van der Waals surface area contributed by atoms with Gasteiger partial charge in [-0.15, -0.1) is 0 Å².